The standard InChI is InChI=1S/C14H20O2/c1-4-6-10-16-13-9-8-12(7-5-2)11-14(13)15-3/h5,7-9,11H,4,6,10H2,1-3H3. The third-order valence-corrected chi connectivity index (χ3v) is 2.30. The van der Waals surface area contributed by atoms with Gasteiger partial charge in [-0.3, -0.25) is 0 Å². The Kier molecular flexibility index (Phi) is 5.48. The Bertz CT molecular complexity index is 343. The van der Waals surface area contributed by atoms with E-state index in [0.29, 0.717) is 0 Å². The predicted octanol–water partition coefficient (Wildman–Crippen LogP) is 3.91. The zero-order valence-corrected chi connectivity index (χ0v) is 10.3. The van der Waals surface area contributed by atoms with Crippen molar-refractivity contribution in [2.45, 2.75) is 26.7 Å². The molecule has 2 nitrogen and oxygen atoms in total. The second-order valence-electron chi connectivity index (χ2n) is 3.61. The molecular weight excluding hydrogens is 200 g/mol. The van der Waals surface area contributed by atoms with Gasteiger partial charge in [-0.15, -0.1) is 0 Å². The minimum Gasteiger partial charge on any atom is -0.493 e. The van der Waals surface area contributed by atoms with E-state index in [-0.39, 0.29) is 0 Å². The van der Waals surface area contributed by atoms with Gasteiger partial charge in [0.25, 0.3) is 0 Å². The summed E-state index contributed by atoms with van der Waals surface area (Å²) in [6, 6.07) is 5.98. The van der Waals surface area contributed by atoms with Gasteiger partial charge in [0.2, 0.25) is 0 Å². The molecule has 0 aliphatic carbocycles. The Morgan fingerprint density at radius 1 is 1.25 bits per heavy atom. The summed E-state index contributed by atoms with van der Waals surface area (Å²) in [4.78, 5) is 0. The number of hydrogen-bond acceptors (Lipinski definition) is 2. The summed E-state index contributed by atoms with van der Waals surface area (Å²) in [5.41, 5.74) is 1.13. The molecule has 0 heterocycles. The Morgan fingerprint density at radius 3 is 2.69 bits per heavy atom. The highest BCUT2D eigenvalue weighted by Crippen LogP contribution is 2.28. The lowest BCUT2D eigenvalue weighted by atomic mass is 10.2. The molecule has 0 unspecified atom stereocenters. The molecule has 2 heteroatoms. The van der Waals surface area contributed by atoms with Crippen LogP contribution in [0, 0.1) is 0 Å². The number of benzene rings is 1. The first-order valence-corrected chi connectivity index (χ1v) is 5.75. The maximum atomic E-state index is 5.65. The van der Waals surface area contributed by atoms with Crippen molar-refractivity contribution in [3.63, 3.8) is 0 Å². The second kappa shape index (κ2) is 6.94. The molecule has 16 heavy (non-hydrogen) atoms. The molecule has 0 spiro atoms. The van der Waals surface area contributed by atoms with E-state index >= 15 is 0 Å². The number of methoxy groups -OCH3 is 1. The van der Waals surface area contributed by atoms with Crippen LogP contribution in [0.3, 0.4) is 0 Å². The SMILES string of the molecule is CC=Cc1ccc(OCCCC)c(OC)c1. The molecular formula is C14H20O2. The number of hydrogen-bond donors (Lipinski definition) is 0. The maximum absolute atomic E-state index is 5.65. The fourth-order valence-electron chi connectivity index (χ4n) is 1.43. The molecule has 0 aliphatic rings. The maximum Gasteiger partial charge on any atom is 0.161 e. The minimum absolute atomic E-state index is 0.746. The van der Waals surface area contributed by atoms with Gasteiger partial charge >= 0.3 is 0 Å². The van der Waals surface area contributed by atoms with Crippen molar-refractivity contribution in [3.05, 3.63) is 29.8 Å². The first-order valence-electron chi connectivity index (χ1n) is 5.75. The van der Waals surface area contributed by atoms with Gasteiger partial charge in [-0.25, -0.2) is 0 Å². The summed E-state index contributed by atoms with van der Waals surface area (Å²) < 4.78 is 11.0. The molecule has 0 fully saturated rings. The number of allylic oxidation sites excluding steroid dienone is 1. The second-order valence-corrected chi connectivity index (χ2v) is 3.61. The summed E-state index contributed by atoms with van der Waals surface area (Å²) in [6.45, 7) is 4.89. The van der Waals surface area contributed by atoms with E-state index in [4.69, 9.17) is 9.47 Å². The van der Waals surface area contributed by atoms with E-state index in [2.05, 4.69) is 6.92 Å². The largest absolute Gasteiger partial charge is 0.493 e. The molecule has 0 radical (unpaired) electrons. The molecule has 0 atom stereocenters. The van der Waals surface area contributed by atoms with E-state index < -0.39 is 0 Å². The molecule has 0 bridgehead atoms. The Hall–Kier alpha value is -1.44. The van der Waals surface area contributed by atoms with Crippen LogP contribution in [0.25, 0.3) is 6.08 Å². The number of ether oxygens (including phenoxy) is 2. The van der Waals surface area contributed by atoms with Crippen LogP contribution in [0.1, 0.15) is 32.3 Å². The van der Waals surface area contributed by atoms with Gasteiger partial charge in [-0.2, -0.15) is 0 Å². The van der Waals surface area contributed by atoms with Gasteiger partial charge in [-0.1, -0.05) is 31.6 Å². The van der Waals surface area contributed by atoms with Crippen LogP contribution in [0.5, 0.6) is 11.5 Å². The van der Waals surface area contributed by atoms with Crippen molar-refractivity contribution >= 4 is 6.08 Å². The fraction of sp³-hybridized carbons (Fsp3) is 0.429. The normalized spacial score (nSPS) is 10.7. The lowest BCUT2D eigenvalue weighted by Gasteiger charge is -2.10. The Balaban J connectivity index is 2.76. The molecule has 0 amide bonds. The van der Waals surface area contributed by atoms with Crippen molar-refractivity contribution in [1.29, 1.82) is 0 Å². The van der Waals surface area contributed by atoms with Gasteiger partial charge in [0.15, 0.2) is 11.5 Å². The van der Waals surface area contributed by atoms with Gasteiger partial charge in [0.1, 0.15) is 0 Å². The van der Waals surface area contributed by atoms with Gasteiger partial charge < -0.3 is 9.47 Å². The van der Waals surface area contributed by atoms with Gasteiger partial charge in [0.05, 0.1) is 13.7 Å². The highest BCUT2D eigenvalue weighted by atomic mass is 16.5. The van der Waals surface area contributed by atoms with E-state index in [1.807, 2.05) is 37.3 Å². The Labute approximate surface area is 97.9 Å². The third-order valence-electron chi connectivity index (χ3n) is 2.30. The fourth-order valence-corrected chi connectivity index (χ4v) is 1.43. The van der Waals surface area contributed by atoms with Crippen molar-refractivity contribution in [3.8, 4) is 11.5 Å². The topological polar surface area (TPSA) is 18.5 Å². The average molecular weight is 220 g/mol. The Morgan fingerprint density at radius 2 is 2.06 bits per heavy atom. The summed E-state index contributed by atoms with van der Waals surface area (Å²) in [5.74, 6) is 1.62. The van der Waals surface area contributed by atoms with Crippen molar-refractivity contribution in [1.82, 2.24) is 0 Å². The summed E-state index contributed by atoms with van der Waals surface area (Å²) in [7, 11) is 1.67. The van der Waals surface area contributed by atoms with E-state index in [1.54, 1.807) is 7.11 Å². The molecule has 0 aliphatic heterocycles. The first kappa shape index (κ1) is 12.6. The molecule has 0 saturated heterocycles. The smallest absolute Gasteiger partial charge is 0.161 e. The van der Waals surface area contributed by atoms with Gasteiger partial charge in [0, 0.05) is 0 Å². The lowest BCUT2D eigenvalue weighted by Crippen LogP contribution is -1.98. The van der Waals surface area contributed by atoms with E-state index in [0.717, 1.165) is 36.5 Å². The van der Waals surface area contributed by atoms with Crippen LogP contribution >= 0.6 is 0 Å². The number of unbranched alkanes of at least 4 members (excludes halogenated alkanes) is 1. The zero-order chi connectivity index (χ0) is 11.8. The molecule has 1 aromatic rings. The van der Waals surface area contributed by atoms with Crippen LogP contribution < -0.4 is 9.47 Å². The van der Waals surface area contributed by atoms with Crippen LogP contribution in [0.4, 0.5) is 0 Å². The van der Waals surface area contributed by atoms with Crippen LogP contribution in [-0.2, 0) is 0 Å². The number of rotatable bonds is 6. The zero-order valence-electron chi connectivity index (χ0n) is 10.3. The van der Waals surface area contributed by atoms with Crippen molar-refractivity contribution in [2.75, 3.05) is 13.7 Å². The van der Waals surface area contributed by atoms with E-state index in [9.17, 15) is 0 Å². The summed E-state index contributed by atoms with van der Waals surface area (Å²) in [5, 5.41) is 0. The van der Waals surface area contributed by atoms with E-state index in [1.165, 1.54) is 0 Å². The first-order chi connectivity index (χ1) is 7.81. The van der Waals surface area contributed by atoms with Crippen LogP contribution in [0.2, 0.25) is 0 Å². The lowest BCUT2D eigenvalue weighted by molar-refractivity contribution is 0.288. The molecule has 1 rings (SSSR count). The summed E-state index contributed by atoms with van der Waals surface area (Å²) in [6.07, 6.45) is 6.25. The monoisotopic (exact) mass is 220 g/mol. The molecule has 0 aromatic heterocycles. The quantitative estimate of drug-likeness (QED) is 0.677. The predicted molar refractivity (Wildman–Crippen MR) is 68.1 cm³/mol. The van der Waals surface area contributed by atoms with Crippen LogP contribution in [0.15, 0.2) is 24.3 Å². The molecule has 0 saturated carbocycles. The van der Waals surface area contributed by atoms with Crippen LogP contribution in [-0.4, -0.2) is 13.7 Å². The highest BCUT2D eigenvalue weighted by Gasteiger charge is 2.03. The highest BCUT2D eigenvalue weighted by molar-refractivity contribution is 5.55. The van der Waals surface area contributed by atoms with Crippen molar-refractivity contribution < 1.29 is 9.47 Å². The minimum atomic E-state index is 0.746. The van der Waals surface area contributed by atoms with Gasteiger partial charge in [-0.05, 0) is 31.0 Å². The molecule has 1 aromatic carbocycles. The third kappa shape index (κ3) is 3.61. The average Bonchev–Trinajstić information content (AvgIpc) is 2.31. The summed E-state index contributed by atoms with van der Waals surface area (Å²) >= 11 is 0. The molecule has 88 valence electrons. The van der Waals surface area contributed by atoms with Crippen molar-refractivity contribution in [2.24, 2.45) is 0 Å². The molecule has 0 N–H and O–H groups in total.